The van der Waals surface area contributed by atoms with Crippen molar-refractivity contribution >= 4 is 35.2 Å². The lowest BCUT2D eigenvalue weighted by molar-refractivity contribution is 0.0686. The van der Waals surface area contributed by atoms with Gasteiger partial charge in [-0.3, -0.25) is 0 Å². The average molecular weight is 449 g/mol. The lowest BCUT2D eigenvalue weighted by Gasteiger charge is -2.38. The minimum Gasteiger partial charge on any atom is -0.490 e. The van der Waals surface area contributed by atoms with E-state index < -0.39 is 5.97 Å². The van der Waals surface area contributed by atoms with Gasteiger partial charge in [0.15, 0.2) is 0 Å². The van der Waals surface area contributed by atoms with E-state index in [9.17, 15) is 9.59 Å². The summed E-state index contributed by atoms with van der Waals surface area (Å²) in [6.45, 7) is 0.390. The zero-order valence-corrected chi connectivity index (χ0v) is 17.7. The fourth-order valence-electron chi connectivity index (χ4n) is 4.34. The molecule has 0 aliphatic carbocycles. The molecule has 3 atom stereocenters. The maximum absolute atomic E-state index is 12.8. The molecule has 6 nitrogen and oxygen atoms in total. The van der Waals surface area contributed by atoms with E-state index in [1.54, 1.807) is 24.3 Å². The van der Waals surface area contributed by atoms with E-state index >= 15 is 0 Å². The first-order chi connectivity index (χ1) is 14.4. The summed E-state index contributed by atoms with van der Waals surface area (Å²) in [4.78, 5) is 25.7. The lowest BCUT2D eigenvalue weighted by Crippen LogP contribution is -2.52. The molecule has 2 aliphatic heterocycles. The van der Waals surface area contributed by atoms with Crippen molar-refractivity contribution in [2.24, 2.45) is 0 Å². The van der Waals surface area contributed by atoms with Crippen LogP contribution in [0.25, 0.3) is 0 Å². The van der Waals surface area contributed by atoms with Gasteiger partial charge in [0.2, 0.25) is 0 Å². The third-order valence-electron chi connectivity index (χ3n) is 5.76. The monoisotopic (exact) mass is 448 g/mol. The summed E-state index contributed by atoms with van der Waals surface area (Å²) in [7, 11) is 0. The Morgan fingerprint density at radius 1 is 1.03 bits per heavy atom. The van der Waals surface area contributed by atoms with Crippen LogP contribution in [0.2, 0.25) is 10.0 Å². The number of carboxylic acids is 1. The standard InChI is InChI=1S/C22H22Cl2N2O4/c23-19-8-1-13(9-20(19)24)12-25-22(29)26-15-4-5-16(26)11-18(10-15)30-17-6-2-14(3-7-17)21(27)28/h1-3,6-9,15-16,18H,4-5,10-12H2,(H,25,29)(H,27,28)/t15-,16+,18?. The van der Waals surface area contributed by atoms with Crippen molar-refractivity contribution in [3.63, 3.8) is 0 Å². The number of nitrogens with one attached hydrogen (secondary N) is 1. The van der Waals surface area contributed by atoms with Crippen LogP contribution in [0, 0.1) is 0 Å². The average Bonchev–Trinajstić information content (AvgIpc) is 3.00. The molecule has 0 saturated carbocycles. The third kappa shape index (κ3) is 4.50. The Hall–Kier alpha value is -2.44. The number of amides is 2. The van der Waals surface area contributed by atoms with Crippen LogP contribution in [0.3, 0.4) is 0 Å². The van der Waals surface area contributed by atoms with Crippen LogP contribution in [-0.4, -0.2) is 40.2 Å². The number of hydrogen-bond acceptors (Lipinski definition) is 3. The Morgan fingerprint density at radius 2 is 1.70 bits per heavy atom. The van der Waals surface area contributed by atoms with Crippen LogP contribution < -0.4 is 10.1 Å². The summed E-state index contributed by atoms with van der Waals surface area (Å²) in [6.07, 6.45) is 3.46. The molecule has 0 aromatic heterocycles. The molecule has 8 heteroatoms. The molecule has 2 fully saturated rings. The molecular formula is C22H22Cl2N2O4. The molecule has 2 heterocycles. The van der Waals surface area contributed by atoms with Crippen LogP contribution in [0.4, 0.5) is 4.79 Å². The van der Waals surface area contributed by atoms with Gasteiger partial charge in [0.05, 0.1) is 15.6 Å². The van der Waals surface area contributed by atoms with E-state index in [0.717, 1.165) is 31.2 Å². The molecule has 2 aromatic carbocycles. The van der Waals surface area contributed by atoms with Gasteiger partial charge in [-0.1, -0.05) is 29.3 Å². The smallest absolute Gasteiger partial charge is 0.335 e. The number of carboxylic acid groups (broad SMARTS) is 1. The summed E-state index contributed by atoms with van der Waals surface area (Å²) in [5.74, 6) is -0.304. The number of nitrogens with zero attached hydrogens (tertiary/aromatic N) is 1. The number of rotatable bonds is 5. The van der Waals surface area contributed by atoms with Crippen molar-refractivity contribution in [2.75, 3.05) is 0 Å². The van der Waals surface area contributed by atoms with Crippen molar-refractivity contribution in [3.05, 3.63) is 63.6 Å². The number of benzene rings is 2. The van der Waals surface area contributed by atoms with E-state index in [2.05, 4.69) is 5.32 Å². The fourth-order valence-corrected chi connectivity index (χ4v) is 4.66. The molecule has 2 saturated heterocycles. The second-order valence-electron chi connectivity index (χ2n) is 7.74. The van der Waals surface area contributed by atoms with Gasteiger partial charge in [-0.25, -0.2) is 9.59 Å². The van der Waals surface area contributed by atoms with Crippen LogP contribution in [0.1, 0.15) is 41.6 Å². The molecule has 0 spiro atoms. The molecule has 2 aromatic rings. The van der Waals surface area contributed by atoms with Gasteiger partial charge in [0.25, 0.3) is 0 Å². The number of hydrogen-bond donors (Lipinski definition) is 2. The van der Waals surface area contributed by atoms with Crippen LogP contribution in [-0.2, 0) is 6.54 Å². The topological polar surface area (TPSA) is 78.9 Å². The maximum Gasteiger partial charge on any atom is 0.335 e. The van der Waals surface area contributed by atoms with Gasteiger partial charge in [0, 0.05) is 31.5 Å². The first-order valence-corrected chi connectivity index (χ1v) is 10.7. The van der Waals surface area contributed by atoms with Gasteiger partial charge in [-0.05, 0) is 54.8 Å². The van der Waals surface area contributed by atoms with E-state index in [1.165, 1.54) is 12.1 Å². The molecule has 30 heavy (non-hydrogen) atoms. The fraction of sp³-hybridized carbons (Fsp3) is 0.364. The third-order valence-corrected chi connectivity index (χ3v) is 6.50. The first kappa shape index (κ1) is 20.8. The first-order valence-electron chi connectivity index (χ1n) is 9.91. The highest BCUT2D eigenvalue weighted by Gasteiger charge is 2.44. The van der Waals surface area contributed by atoms with E-state index in [0.29, 0.717) is 22.3 Å². The second kappa shape index (κ2) is 8.74. The molecular weight excluding hydrogens is 427 g/mol. The predicted molar refractivity (Wildman–Crippen MR) is 114 cm³/mol. The number of piperidine rings is 1. The van der Waals surface area contributed by atoms with Crippen molar-refractivity contribution < 1.29 is 19.4 Å². The molecule has 2 aliphatic rings. The zero-order chi connectivity index (χ0) is 21.3. The highest BCUT2D eigenvalue weighted by Crippen LogP contribution is 2.37. The van der Waals surface area contributed by atoms with E-state index in [-0.39, 0.29) is 29.8 Å². The minimum atomic E-state index is -0.959. The van der Waals surface area contributed by atoms with E-state index in [4.69, 9.17) is 33.0 Å². The van der Waals surface area contributed by atoms with Crippen molar-refractivity contribution in [1.82, 2.24) is 10.2 Å². The summed E-state index contributed by atoms with van der Waals surface area (Å²) >= 11 is 12.0. The van der Waals surface area contributed by atoms with E-state index in [1.807, 2.05) is 11.0 Å². The Bertz CT molecular complexity index is 937. The number of ether oxygens (including phenoxy) is 1. The maximum atomic E-state index is 12.8. The number of aromatic carboxylic acids is 1. The van der Waals surface area contributed by atoms with Crippen LogP contribution >= 0.6 is 23.2 Å². The summed E-state index contributed by atoms with van der Waals surface area (Å²) in [5.41, 5.74) is 1.13. The number of fused-ring (bicyclic) bond motifs is 2. The van der Waals surface area contributed by atoms with Gasteiger partial charge in [-0.2, -0.15) is 0 Å². The Balaban J connectivity index is 1.33. The highest BCUT2D eigenvalue weighted by molar-refractivity contribution is 6.42. The van der Waals surface area contributed by atoms with Gasteiger partial charge in [0.1, 0.15) is 11.9 Å². The summed E-state index contributed by atoms with van der Waals surface area (Å²) in [6, 6.07) is 12.0. The van der Waals surface area contributed by atoms with Crippen molar-refractivity contribution in [2.45, 2.75) is 50.4 Å². The molecule has 4 rings (SSSR count). The Labute approximate surface area is 184 Å². The quantitative estimate of drug-likeness (QED) is 0.675. The second-order valence-corrected chi connectivity index (χ2v) is 8.55. The molecule has 1 unspecified atom stereocenters. The van der Waals surface area contributed by atoms with Crippen LogP contribution in [0.5, 0.6) is 5.75 Å². The minimum absolute atomic E-state index is 0.0114. The number of carbonyl (C=O) groups is 2. The Kier molecular flexibility index (Phi) is 6.06. The van der Waals surface area contributed by atoms with Crippen molar-refractivity contribution in [1.29, 1.82) is 0 Å². The number of halogens is 2. The SMILES string of the molecule is O=C(O)c1ccc(OC2C[C@H]3CC[C@@H](C2)N3C(=O)NCc2ccc(Cl)c(Cl)c2)cc1. The summed E-state index contributed by atoms with van der Waals surface area (Å²) < 4.78 is 6.07. The largest absolute Gasteiger partial charge is 0.490 e. The van der Waals surface area contributed by atoms with Gasteiger partial charge >= 0.3 is 12.0 Å². The molecule has 2 bridgehead atoms. The van der Waals surface area contributed by atoms with Crippen molar-refractivity contribution in [3.8, 4) is 5.75 Å². The predicted octanol–water partition coefficient (Wildman–Crippen LogP) is 4.98. The molecule has 2 amide bonds. The zero-order valence-electron chi connectivity index (χ0n) is 16.2. The molecule has 2 N–H and O–H groups in total. The van der Waals surface area contributed by atoms with Gasteiger partial charge < -0.3 is 20.1 Å². The summed E-state index contributed by atoms with van der Waals surface area (Å²) in [5, 5.41) is 12.9. The number of urea groups is 1. The lowest BCUT2D eigenvalue weighted by atomic mass is 10.00. The molecule has 0 radical (unpaired) electrons. The van der Waals surface area contributed by atoms with Gasteiger partial charge in [-0.15, -0.1) is 0 Å². The Morgan fingerprint density at radius 3 is 2.30 bits per heavy atom. The normalized spacial score (nSPS) is 22.6. The van der Waals surface area contributed by atoms with Crippen LogP contribution in [0.15, 0.2) is 42.5 Å². The number of carbonyl (C=O) groups excluding carboxylic acids is 1. The highest BCUT2D eigenvalue weighted by atomic mass is 35.5. The molecule has 158 valence electrons.